The number of nitrogens with one attached hydrogen (secondary N) is 1. The predicted molar refractivity (Wildman–Crippen MR) is 79.8 cm³/mol. The highest BCUT2D eigenvalue weighted by molar-refractivity contribution is 5.34. The number of nitrogens with zero attached hydrogens (tertiary/aromatic N) is 2. The summed E-state index contributed by atoms with van der Waals surface area (Å²) >= 11 is 0. The van der Waals surface area contributed by atoms with Crippen molar-refractivity contribution in [3.8, 4) is 5.75 Å². The van der Waals surface area contributed by atoms with Crippen LogP contribution in [0.5, 0.6) is 5.75 Å². The van der Waals surface area contributed by atoms with Crippen LogP contribution >= 0.6 is 0 Å². The van der Waals surface area contributed by atoms with E-state index in [9.17, 15) is 0 Å². The van der Waals surface area contributed by atoms with Gasteiger partial charge in [-0.1, -0.05) is 13.0 Å². The van der Waals surface area contributed by atoms with Crippen molar-refractivity contribution in [3.63, 3.8) is 0 Å². The Morgan fingerprint density at radius 2 is 2.05 bits per heavy atom. The molecule has 0 fully saturated rings. The molecule has 0 radical (unpaired) electrons. The molecule has 0 aromatic carbocycles. The number of hydrogen-bond acceptors (Lipinski definition) is 4. The lowest BCUT2D eigenvalue weighted by Crippen LogP contribution is -2.24. The van der Waals surface area contributed by atoms with Gasteiger partial charge in [0.15, 0.2) is 0 Å². The zero-order valence-electron chi connectivity index (χ0n) is 12.0. The Balaban J connectivity index is 2.22. The molecule has 2 rings (SSSR count). The monoisotopic (exact) mass is 271 g/mol. The zero-order valence-corrected chi connectivity index (χ0v) is 12.0. The zero-order chi connectivity index (χ0) is 14.2. The van der Waals surface area contributed by atoms with E-state index >= 15 is 0 Å². The highest BCUT2D eigenvalue weighted by atomic mass is 16.5. The lowest BCUT2D eigenvalue weighted by Gasteiger charge is -2.21. The second kappa shape index (κ2) is 7.60. The van der Waals surface area contributed by atoms with Gasteiger partial charge in [-0.15, -0.1) is 0 Å². The molecule has 0 spiro atoms. The molecular weight excluding hydrogens is 250 g/mol. The summed E-state index contributed by atoms with van der Waals surface area (Å²) in [6.07, 6.45) is 9.26. The summed E-state index contributed by atoms with van der Waals surface area (Å²) in [6.45, 7) is 3.13. The smallest absolute Gasteiger partial charge is 0.141 e. The molecule has 4 nitrogen and oxygen atoms in total. The number of ether oxygens (including phenoxy) is 1. The predicted octanol–water partition coefficient (Wildman–Crippen LogP) is 2.77. The van der Waals surface area contributed by atoms with Crippen LogP contribution in [0.25, 0.3) is 0 Å². The van der Waals surface area contributed by atoms with Crippen LogP contribution in [0.1, 0.15) is 30.5 Å². The van der Waals surface area contributed by atoms with Gasteiger partial charge in [-0.05, 0) is 37.1 Å². The Morgan fingerprint density at radius 3 is 2.75 bits per heavy atom. The van der Waals surface area contributed by atoms with Gasteiger partial charge in [-0.25, -0.2) is 0 Å². The van der Waals surface area contributed by atoms with Gasteiger partial charge in [0, 0.05) is 30.2 Å². The van der Waals surface area contributed by atoms with Gasteiger partial charge in [0.2, 0.25) is 0 Å². The molecule has 0 aliphatic rings. The minimum absolute atomic E-state index is 0.206. The standard InChI is InChI=1S/C16H21N3O/c1-3-7-19-15(10-13-5-4-8-17-11-13)14-6-9-18-12-16(14)20-2/h4-6,8-9,11-12,15,19H,3,7,10H2,1-2H3. The minimum atomic E-state index is 0.206. The molecule has 0 saturated carbocycles. The van der Waals surface area contributed by atoms with E-state index in [1.165, 1.54) is 5.56 Å². The molecule has 1 atom stereocenters. The van der Waals surface area contributed by atoms with Crippen molar-refractivity contribution in [2.24, 2.45) is 0 Å². The van der Waals surface area contributed by atoms with Crippen molar-refractivity contribution >= 4 is 0 Å². The molecular formula is C16H21N3O. The molecule has 2 heterocycles. The van der Waals surface area contributed by atoms with Crippen LogP contribution in [0, 0.1) is 0 Å². The summed E-state index contributed by atoms with van der Waals surface area (Å²) in [6, 6.07) is 6.29. The number of methoxy groups -OCH3 is 1. The Bertz CT molecular complexity index is 516. The van der Waals surface area contributed by atoms with Crippen LogP contribution in [0.2, 0.25) is 0 Å². The highest BCUT2D eigenvalue weighted by Gasteiger charge is 2.16. The topological polar surface area (TPSA) is 47.0 Å². The molecule has 2 aromatic rings. The van der Waals surface area contributed by atoms with Gasteiger partial charge >= 0.3 is 0 Å². The van der Waals surface area contributed by atoms with Crippen molar-refractivity contribution in [1.29, 1.82) is 0 Å². The van der Waals surface area contributed by atoms with Crippen molar-refractivity contribution in [1.82, 2.24) is 15.3 Å². The molecule has 2 aromatic heterocycles. The van der Waals surface area contributed by atoms with Gasteiger partial charge in [-0.3, -0.25) is 9.97 Å². The first-order valence-corrected chi connectivity index (χ1v) is 6.95. The van der Waals surface area contributed by atoms with Gasteiger partial charge in [0.1, 0.15) is 5.75 Å². The van der Waals surface area contributed by atoms with Gasteiger partial charge in [-0.2, -0.15) is 0 Å². The Hall–Kier alpha value is -1.94. The van der Waals surface area contributed by atoms with Crippen molar-refractivity contribution in [3.05, 3.63) is 54.1 Å². The van der Waals surface area contributed by atoms with Crippen LogP contribution in [0.15, 0.2) is 43.0 Å². The lowest BCUT2D eigenvalue weighted by molar-refractivity contribution is 0.396. The number of aromatic nitrogens is 2. The van der Waals surface area contributed by atoms with Crippen molar-refractivity contribution < 1.29 is 4.74 Å². The average Bonchev–Trinajstić information content (AvgIpc) is 2.52. The fourth-order valence-electron chi connectivity index (χ4n) is 2.21. The van der Waals surface area contributed by atoms with Crippen LogP contribution in [0.3, 0.4) is 0 Å². The third-order valence-electron chi connectivity index (χ3n) is 3.22. The van der Waals surface area contributed by atoms with E-state index in [0.717, 1.165) is 30.7 Å². The third kappa shape index (κ3) is 3.78. The van der Waals surface area contributed by atoms with E-state index in [-0.39, 0.29) is 6.04 Å². The molecule has 0 aliphatic carbocycles. The molecule has 0 saturated heterocycles. The van der Waals surface area contributed by atoms with E-state index in [2.05, 4.69) is 28.3 Å². The fourth-order valence-corrected chi connectivity index (χ4v) is 2.21. The van der Waals surface area contributed by atoms with Crippen molar-refractivity contribution in [2.45, 2.75) is 25.8 Å². The molecule has 20 heavy (non-hydrogen) atoms. The Labute approximate surface area is 120 Å². The molecule has 1 unspecified atom stereocenters. The second-order valence-corrected chi connectivity index (χ2v) is 4.69. The molecule has 0 amide bonds. The summed E-state index contributed by atoms with van der Waals surface area (Å²) in [4.78, 5) is 8.30. The van der Waals surface area contributed by atoms with Crippen LogP contribution in [-0.2, 0) is 6.42 Å². The Kier molecular flexibility index (Phi) is 5.50. The largest absolute Gasteiger partial charge is 0.495 e. The number of rotatable bonds is 7. The Morgan fingerprint density at radius 1 is 1.20 bits per heavy atom. The molecule has 4 heteroatoms. The van der Waals surface area contributed by atoms with E-state index in [0.29, 0.717) is 0 Å². The molecule has 106 valence electrons. The summed E-state index contributed by atoms with van der Waals surface area (Å²) in [7, 11) is 1.68. The van der Waals surface area contributed by atoms with E-state index < -0.39 is 0 Å². The highest BCUT2D eigenvalue weighted by Crippen LogP contribution is 2.26. The van der Waals surface area contributed by atoms with Crippen LogP contribution < -0.4 is 10.1 Å². The first-order chi connectivity index (χ1) is 9.85. The number of pyridine rings is 2. The summed E-state index contributed by atoms with van der Waals surface area (Å²) in [5.41, 5.74) is 2.35. The van der Waals surface area contributed by atoms with Crippen LogP contribution in [0.4, 0.5) is 0 Å². The fraction of sp³-hybridized carbons (Fsp3) is 0.375. The quantitative estimate of drug-likeness (QED) is 0.841. The minimum Gasteiger partial charge on any atom is -0.495 e. The number of hydrogen-bond donors (Lipinski definition) is 1. The van der Waals surface area contributed by atoms with E-state index in [1.54, 1.807) is 19.5 Å². The maximum absolute atomic E-state index is 5.43. The SMILES string of the molecule is CCCNC(Cc1cccnc1)c1ccncc1OC. The summed E-state index contributed by atoms with van der Waals surface area (Å²) in [5.74, 6) is 0.824. The maximum atomic E-state index is 5.43. The second-order valence-electron chi connectivity index (χ2n) is 4.69. The first-order valence-electron chi connectivity index (χ1n) is 6.95. The van der Waals surface area contributed by atoms with E-state index in [4.69, 9.17) is 4.74 Å². The maximum Gasteiger partial charge on any atom is 0.141 e. The molecule has 0 bridgehead atoms. The molecule has 1 N–H and O–H groups in total. The summed E-state index contributed by atoms with van der Waals surface area (Å²) in [5, 5.41) is 3.57. The van der Waals surface area contributed by atoms with Gasteiger partial charge < -0.3 is 10.1 Å². The van der Waals surface area contributed by atoms with Gasteiger partial charge in [0.25, 0.3) is 0 Å². The molecule has 0 aliphatic heterocycles. The average molecular weight is 271 g/mol. The van der Waals surface area contributed by atoms with E-state index in [1.807, 2.05) is 24.5 Å². The van der Waals surface area contributed by atoms with Crippen molar-refractivity contribution in [2.75, 3.05) is 13.7 Å². The summed E-state index contributed by atoms with van der Waals surface area (Å²) < 4.78 is 5.43. The lowest BCUT2D eigenvalue weighted by atomic mass is 10.00. The first kappa shape index (κ1) is 14.5. The normalized spacial score (nSPS) is 12.1. The van der Waals surface area contributed by atoms with Gasteiger partial charge in [0.05, 0.1) is 13.3 Å². The van der Waals surface area contributed by atoms with Crippen LogP contribution in [-0.4, -0.2) is 23.6 Å². The third-order valence-corrected chi connectivity index (χ3v) is 3.22.